The van der Waals surface area contributed by atoms with E-state index in [0.717, 1.165) is 11.4 Å². The average Bonchev–Trinajstić information content (AvgIpc) is 2.94. The lowest BCUT2D eigenvalue weighted by molar-refractivity contribution is -0.136. The summed E-state index contributed by atoms with van der Waals surface area (Å²) >= 11 is 0. The number of ether oxygens (including phenoxy) is 1. The monoisotopic (exact) mass is 496 g/mol. The van der Waals surface area contributed by atoms with Crippen molar-refractivity contribution in [1.82, 2.24) is 0 Å². The first-order valence-electron chi connectivity index (χ1n) is 12.0. The molecule has 0 radical (unpaired) electrons. The third-order valence-electron chi connectivity index (χ3n) is 6.60. The molecule has 0 saturated heterocycles. The van der Waals surface area contributed by atoms with E-state index in [1.807, 2.05) is 65.6 Å². The highest BCUT2D eigenvalue weighted by Crippen LogP contribution is 2.48. The second-order valence-corrected chi connectivity index (χ2v) is 8.78. The average molecular weight is 497 g/mol. The van der Waals surface area contributed by atoms with Crippen LogP contribution in [-0.4, -0.2) is 13.1 Å². The molecule has 4 nitrogen and oxygen atoms in total. The molecule has 186 valence electrons. The molecule has 0 aliphatic carbocycles. The molecule has 5 rings (SSSR count). The van der Waals surface area contributed by atoms with E-state index in [1.165, 1.54) is 19.2 Å². The number of halogens is 2. The van der Waals surface area contributed by atoms with Crippen LogP contribution in [0.3, 0.4) is 0 Å². The predicted molar refractivity (Wildman–Crippen MR) is 141 cm³/mol. The number of nitrogens with zero attached hydrogens (tertiary/aromatic N) is 1. The number of rotatable bonds is 6. The summed E-state index contributed by atoms with van der Waals surface area (Å²) < 4.78 is 36.0. The Hall–Kier alpha value is -4.45. The summed E-state index contributed by atoms with van der Waals surface area (Å²) in [6.45, 7) is 0. The molecule has 0 saturated carbocycles. The molecule has 0 amide bonds. The van der Waals surface area contributed by atoms with Crippen LogP contribution in [0.15, 0.2) is 120 Å². The quantitative estimate of drug-likeness (QED) is 0.287. The van der Waals surface area contributed by atoms with Gasteiger partial charge >= 0.3 is 5.97 Å². The van der Waals surface area contributed by atoms with Crippen LogP contribution in [0.2, 0.25) is 0 Å². The van der Waals surface area contributed by atoms with Gasteiger partial charge in [-0.1, -0.05) is 72.8 Å². The van der Waals surface area contributed by atoms with Gasteiger partial charge in [0.05, 0.1) is 24.8 Å². The zero-order valence-corrected chi connectivity index (χ0v) is 20.3. The fourth-order valence-electron chi connectivity index (χ4n) is 4.98. The Morgan fingerprint density at radius 3 is 1.92 bits per heavy atom. The first-order valence-corrected chi connectivity index (χ1v) is 12.0. The topological polar surface area (TPSA) is 41.6 Å². The summed E-state index contributed by atoms with van der Waals surface area (Å²) in [6, 6.07) is 30.3. The number of anilines is 2. The fraction of sp³-hybridized carbons (Fsp3) is 0.129. The Morgan fingerprint density at radius 1 is 0.784 bits per heavy atom. The van der Waals surface area contributed by atoms with Gasteiger partial charge in [-0.05, 0) is 36.4 Å². The molecule has 1 aliphatic rings. The number of hydrogen-bond acceptors (Lipinski definition) is 4. The number of methoxy groups -OCH3 is 1. The number of nitrogens with one attached hydrogen (secondary N) is 1. The van der Waals surface area contributed by atoms with Gasteiger partial charge in [0, 0.05) is 34.6 Å². The number of para-hydroxylation sites is 2. The minimum Gasteiger partial charge on any atom is -0.466 e. The second-order valence-electron chi connectivity index (χ2n) is 8.78. The van der Waals surface area contributed by atoms with Crippen molar-refractivity contribution in [3.8, 4) is 0 Å². The highest BCUT2D eigenvalue weighted by molar-refractivity contribution is 5.93. The van der Waals surface area contributed by atoms with Crippen LogP contribution in [0.1, 0.15) is 29.6 Å². The third-order valence-corrected chi connectivity index (χ3v) is 6.60. The third kappa shape index (κ3) is 4.83. The Bertz CT molecular complexity index is 1420. The highest BCUT2D eigenvalue weighted by atomic mass is 19.1. The van der Waals surface area contributed by atoms with E-state index < -0.39 is 23.9 Å². The first-order chi connectivity index (χ1) is 18.1. The molecule has 1 N–H and O–H groups in total. The molecule has 0 unspecified atom stereocenters. The number of benzene rings is 4. The maximum atomic E-state index is 15.5. The van der Waals surface area contributed by atoms with Crippen molar-refractivity contribution in [1.29, 1.82) is 0 Å². The molecule has 0 spiro atoms. The summed E-state index contributed by atoms with van der Waals surface area (Å²) in [5.41, 5.74) is 3.04. The van der Waals surface area contributed by atoms with E-state index in [1.54, 1.807) is 36.4 Å². The van der Waals surface area contributed by atoms with Crippen LogP contribution in [0.5, 0.6) is 0 Å². The first kappa shape index (κ1) is 24.3. The normalized spacial score (nSPS) is 17.4. The van der Waals surface area contributed by atoms with E-state index in [2.05, 4.69) is 5.32 Å². The molecule has 37 heavy (non-hydrogen) atoms. The van der Waals surface area contributed by atoms with Gasteiger partial charge in [-0.15, -0.1) is 0 Å². The lowest BCUT2D eigenvalue weighted by Gasteiger charge is -2.45. The maximum Gasteiger partial charge on any atom is 0.337 e. The van der Waals surface area contributed by atoms with E-state index in [4.69, 9.17) is 4.74 Å². The van der Waals surface area contributed by atoms with E-state index in [0.29, 0.717) is 16.8 Å². The summed E-state index contributed by atoms with van der Waals surface area (Å²) in [7, 11) is 1.31. The summed E-state index contributed by atoms with van der Waals surface area (Å²) in [5.74, 6) is -1.43. The highest BCUT2D eigenvalue weighted by Gasteiger charge is 2.43. The molecular formula is C31H26F2N2O2. The Morgan fingerprint density at radius 2 is 1.32 bits per heavy atom. The number of hydrogen-bond donors (Lipinski definition) is 1. The van der Waals surface area contributed by atoms with Crippen LogP contribution in [0.4, 0.5) is 20.2 Å². The van der Waals surface area contributed by atoms with Crippen molar-refractivity contribution in [2.24, 2.45) is 0 Å². The molecule has 4 aromatic carbocycles. The van der Waals surface area contributed by atoms with Gasteiger partial charge in [-0.2, -0.15) is 0 Å². The summed E-state index contributed by atoms with van der Waals surface area (Å²) in [4.78, 5) is 15.3. The van der Waals surface area contributed by atoms with Crippen LogP contribution >= 0.6 is 0 Å². The number of carbonyl (C=O) groups is 1. The van der Waals surface area contributed by atoms with Gasteiger partial charge in [-0.3, -0.25) is 0 Å². The lowest BCUT2D eigenvalue weighted by atomic mass is 9.83. The molecule has 2 atom stereocenters. The second kappa shape index (κ2) is 10.7. The Labute approximate surface area is 214 Å². The molecule has 4 aromatic rings. The van der Waals surface area contributed by atoms with Crippen molar-refractivity contribution in [3.05, 3.63) is 143 Å². The Kier molecular flexibility index (Phi) is 6.99. The molecule has 0 bridgehead atoms. The molecule has 1 heterocycles. The van der Waals surface area contributed by atoms with Crippen LogP contribution < -0.4 is 10.2 Å². The van der Waals surface area contributed by atoms with Crippen molar-refractivity contribution < 1.29 is 18.3 Å². The maximum absolute atomic E-state index is 15.5. The smallest absolute Gasteiger partial charge is 0.337 e. The van der Waals surface area contributed by atoms with E-state index in [9.17, 15) is 4.79 Å². The molecular weight excluding hydrogens is 470 g/mol. The molecule has 1 aliphatic heterocycles. The van der Waals surface area contributed by atoms with Crippen LogP contribution in [-0.2, 0) is 9.53 Å². The molecule has 6 heteroatoms. The SMILES string of the molecule is COC(=O)C1=C(Nc2ccccc2)C[C@@H](c2ccccc2F)N(c2ccccc2)[C@@H]1c1ccccc1F. The van der Waals surface area contributed by atoms with Gasteiger partial charge in [0.1, 0.15) is 11.6 Å². The zero-order chi connectivity index (χ0) is 25.8. The minimum absolute atomic E-state index is 0.264. The minimum atomic E-state index is -0.888. The standard InChI is InChI=1S/C31H26F2N2O2/c1-37-31(36)29-27(34-21-12-4-2-5-13-21)20-28(23-16-8-10-18-25(23)32)35(22-14-6-3-7-15-22)30(29)24-17-9-11-19-26(24)33/h2-19,28,30,34H,20H2,1H3/t28-,30+/m0/s1. The fourth-order valence-corrected chi connectivity index (χ4v) is 4.98. The zero-order valence-electron chi connectivity index (χ0n) is 20.3. The van der Waals surface area contributed by atoms with Crippen molar-refractivity contribution >= 4 is 17.3 Å². The van der Waals surface area contributed by atoms with Gasteiger partial charge in [0.25, 0.3) is 0 Å². The Balaban J connectivity index is 1.81. The van der Waals surface area contributed by atoms with Crippen molar-refractivity contribution in [2.75, 3.05) is 17.3 Å². The lowest BCUT2D eigenvalue weighted by Crippen LogP contribution is -2.42. The van der Waals surface area contributed by atoms with E-state index >= 15 is 8.78 Å². The van der Waals surface area contributed by atoms with Gasteiger partial charge in [0.2, 0.25) is 0 Å². The number of esters is 1. The predicted octanol–water partition coefficient (Wildman–Crippen LogP) is 7.20. The van der Waals surface area contributed by atoms with Crippen LogP contribution in [0, 0.1) is 11.6 Å². The van der Waals surface area contributed by atoms with Gasteiger partial charge in [0.15, 0.2) is 0 Å². The number of carbonyl (C=O) groups excluding carboxylic acids is 1. The van der Waals surface area contributed by atoms with Crippen LogP contribution in [0.25, 0.3) is 0 Å². The van der Waals surface area contributed by atoms with Crippen molar-refractivity contribution in [2.45, 2.75) is 18.5 Å². The molecule has 0 fully saturated rings. The van der Waals surface area contributed by atoms with Gasteiger partial charge < -0.3 is 15.0 Å². The van der Waals surface area contributed by atoms with E-state index in [-0.39, 0.29) is 17.8 Å². The van der Waals surface area contributed by atoms with Gasteiger partial charge in [-0.25, -0.2) is 13.6 Å². The van der Waals surface area contributed by atoms with Crippen molar-refractivity contribution in [3.63, 3.8) is 0 Å². The largest absolute Gasteiger partial charge is 0.466 e. The summed E-state index contributed by atoms with van der Waals surface area (Å²) in [5, 5.41) is 3.36. The summed E-state index contributed by atoms with van der Waals surface area (Å²) in [6.07, 6.45) is 0.264. The molecule has 0 aromatic heterocycles.